The zero-order chi connectivity index (χ0) is 18.4. The van der Waals surface area contributed by atoms with Crippen molar-refractivity contribution in [1.82, 2.24) is 9.78 Å². The summed E-state index contributed by atoms with van der Waals surface area (Å²) in [6.45, 7) is 7.66. The van der Waals surface area contributed by atoms with Crippen molar-refractivity contribution < 1.29 is 9.72 Å². The molecule has 1 N–H and O–H groups in total. The first-order valence-corrected chi connectivity index (χ1v) is 9.10. The maximum Gasteiger partial charge on any atom is 0.273 e. The van der Waals surface area contributed by atoms with Gasteiger partial charge in [-0.25, -0.2) is 4.68 Å². The molecule has 8 heteroatoms. The Kier molecular flexibility index (Phi) is 4.32. The van der Waals surface area contributed by atoms with E-state index >= 15 is 0 Å². The Balaban J connectivity index is 2.00. The first kappa shape index (κ1) is 17.5. The normalized spacial score (nSPS) is 13.6. The number of thioether (sulfide) groups is 1. The number of nitro groups is 1. The summed E-state index contributed by atoms with van der Waals surface area (Å²) in [5.41, 5.74) is 2.35. The van der Waals surface area contributed by atoms with Gasteiger partial charge in [-0.1, -0.05) is 6.07 Å². The Morgan fingerprint density at radius 2 is 2.08 bits per heavy atom. The van der Waals surface area contributed by atoms with Crippen LogP contribution in [0.15, 0.2) is 18.2 Å². The van der Waals surface area contributed by atoms with E-state index in [2.05, 4.69) is 10.4 Å². The van der Waals surface area contributed by atoms with Gasteiger partial charge < -0.3 is 5.32 Å². The van der Waals surface area contributed by atoms with Crippen LogP contribution < -0.4 is 5.32 Å². The molecule has 0 radical (unpaired) electrons. The lowest BCUT2D eigenvalue weighted by Crippen LogP contribution is -2.27. The minimum absolute atomic E-state index is 0.0576. The van der Waals surface area contributed by atoms with Crippen molar-refractivity contribution >= 4 is 29.2 Å². The topological polar surface area (TPSA) is 90.1 Å². The maximum absolute atomic E-state index is 12.8. The number of hydrogen-bond donors (Lipinski definition) is 1. The molecule has 1 aliphatic heterocycles. The minimum atomic E-state index is -0.472. The van der Waals surface area contributed by atoms with Crippen LogP contribution in [0.5, 0.6) is 0 Å². The second-order valence-corrected chi connectivity index (χ2v) is 8.00. The van der Waals surface area contributed by atoms with Gasteiger partial charge >= 0.3 is 0 Å². The molecule has 2 aromatic rings. The molecule has 1 aliphatic rings. The molecule has 0 fully saturated rings. The molecule has 7 nitrogen and oxygen atoms in total. The first-order valence-electron chi connectivity index (χ1n) is 7.94. The lowest BCUT2D eigenvalue weighted by molar-refractivity contribution is -0.385. The average Bonchev–Trinajstić information content (AvgIpc) is 3.09. The first-order chi connectivity index (χ1) is 11.7. The van der Waals surface area contributed by atoms with Crippen molar-refractivity contribution in [3.63, 3.8) is 0 Å². The van der Waals surface area contributed by atoms with E-state index in [0.717, 1.165) is 22.8 Å². The van der Waals surface area contributed by atoms with E-state index in [4.69, 9.17) is 0 Å². The molecule has 0 saturated heterocycles. The second kappa shape index (κ2) is 6.18. The number of hydrogen-bond acceptors (Lipinski definition) is 5. The molecule has 0 aliphatic carbocycles. The number of amides is 1. The van der Waals surface area contributed by atoms with Crippen LogP contribution in [0.2, 0.25) is 0 Å². The Hall–Kier alpha value is -2.35. The van der Waals surface area contributed by atoms with Crippen molar-refractivity contribution in [1.29, 1.82) is 0 Å². The highest BCUT2D eigenvalue weighted by Crippen LogP contribution is 2.37. The van der Waals surface area contributed by atoms with Gasteiger partial charge in [0.15, 0.2) is 0 Å². The van der Waals surface area contributed by atoms with Gasteiger partial charge in [-0.15, -0.1) is 0 Å². The predicted octanol–water partition coefficient (Wildman–Crippen LogP) is 3.85. The second-order valence-electron chi connectivity index (χ2n) is 7.01. The molecule has 0 atom stereocenters. The highest BCUT2D eigenvalue weighted by atomic mass is 32.2. The largest absolute Gasteiger partial charge is 0.306 e. The van der Waals surface area contributed by atoms with E-state index in [1.807, 2.05) is 25.5 Å². The van der Waals surface area contributed by atoms with Gasteiger partial charge in [0.1, 0.15) is 5.82 Å². The Labute approximate surface area is 149 Å². The Morgan fingerprint density at radius 1 is 1.36 bits per heavy atom. The van der Waals surface area contributed by atoms with Crippen LogP contribution in [0, 0.1) is 17.0 Å². The maximum atomic E-state index is 12.8. The molecule has 0 saturated carbocycles. The quantitative estimate of drug-likeness (QED) is 0.663. The smallest absolute Gasteiger partial charge is 0.273 e. The molecule has 0 spiro atoms. The average molecular weight is 360 g/mol. The number of benzene rings is 1. The van der Waals surface area contributed by atoms with Crippen molar-refractivity contribution in [3.8, 4) is 0 Å². The van der Waals surface area contributed by atoms with Crippen molar-refractivity contribution in [2.75, 3.05) is 5.32 Å². The van der Waals surface area contributed by atoms with Crippen LogP contribution in [0.4, 0.5) is 11.5 Å². The monoisotopic (exact) mass is 360 g/mol. The molecular formula is C17H20N4O3S. The predicted molar refractivity (Wildman–Crippen MR) is 98.0 cm³/mol. The number of rotatable bonds is 3. The number of fused-ring (bicyclic) bond motifs is 1. The third-order valence-corrected chi connectivity index (χ3v) is 5.14. The molecule has 25 heavy (non-hydrogen) atoms. The van der Waals surface area contributed by atoms with Crippen LogP contribution in [0.1, 0.15) is 48.0 Å². The fourth-order valence-electron chi connectivity index (χ4n) is 2.87. The van der Waals surface area contributed by atoms with E-state index in [1.165, 1.54) is 12.1 Å². The minimum Gasteiger partial charge on any atom is -0.306 e. The van der Waals surface area contributed by atoms with Gasteiger partial charge in [0.25, 0.3) is 11.6 Å². The fraction of sp³-hybridized carbons (Fsp3) is 0.412. The lowest BCUT2D eigenvalue weighted by atomic mass is 10.1. The molecule has 1 aromatic heterocycles. The molecule has 2 heterocycles. The molecule has 1 amide bonds. The standard InChI is InChI=1S/C17H20N4O3S/c1-10-11(6-5-7-14(10)21(23)24)16(22)18-15-12-8-25-9-13(12)19-20(15)17(2,3)4/h5-7H,8-9H2,1-4H3,(H,18,22). The zero-order valence-corrected chi connectivity index (χ0v) is 15.4. The molecule has 3 rings (SSSR count). The summed E-state index contributed by atoms with van der Waals surface area (Å²) in [5, 5.41) is 18.7. The summed E-state index contributed by atoms with van der Waals surface area (Å²) in [7, 11) is 0. The summed E-state index contributed by atoms with van der Waals surface area (Å²) < 4.78 is 1.84. The number of aromatic nitrogens is 2. The number of nitrogens with zero attached hydrogens (tertiary/aromatic N) is 3. The van der Waals surface area contributed by atoms with E-state index in [1.54, 1.807) is 24.8 Å². The highest BCUT2D eigenvalue weighted by Gasteiger charge is 2.29. The Morgan fingerprint density at radius 3 is 2.72 bits per heavy atom. The molecule has 1 aromatic carbocycles. The zero-order valence-electron chi connectivity index (χ0n) is 14.6. The van der Waals surface area contributed by atoms with Crippen LogP contribution in [-0.4, -0.2) is 20.6 Å². The SMILES string of the molecule is Cc1c(C(=O)Nc2c3c(nn2C(C)(C)C)CSC3)cccc1[N+](=O)[O-]. The van der Waals surface area contributed by atoms with Gasteiger partial charge in [-0.05, 0) is 33.8 Å². The van der Waals surface area contributed by atoms with Crippen LogP contribution >= 0.6 is 11.8 Å². The van der Waals surface area contributed by atoms with Gasteiger partial charge in [-0.3, -0.25) is 14.9 Å². The number of nitrogens with one attached hydrogen (secondary N) is 1. The van der Waals surface area contributed by atoms with Crippen LogP contribution in [-0.2, 0) is 17.0 Å². The fourth-order valence-corrected chi connectivity index (χ4v) is 3.90. The molecule has 132 valence electrons. The summed E-state index contributed by atoms with van der Waals surface area (Å²) in [4.78, 5) is 23.4. The third kappa shape index (κ3) is 3.13. The summed E-state index contributed by atoms with van der Waals surface area (Å²) >= 11 is 1.76. The third-order valence-electron chi connectivity index (χ3n) is 4.17. The highest BCUT2D eigenvalue weighted by molar-refractivity contribution is 7.98. The van der Waals surface area contributed by atoms with E-state index in [0.29, 0.717) is 16.9 Å². The van der Waals surface area contributed by atoms with Crippen LogP contribution in [0.3, 0.4) is 0 Å². The molecule has 0 unspecified atom stereocenters. The van der Waals surface area contributed by atoms with Crippen molar-refractivity contribution in [2.45, 2.75) is 44.7 Å². The van der Waals surface area contributed by atoms with Gasteiger partial charge in [0.2, 0.25) is 0 Å². The van der Waals surface area contributed by atoms with Gasteiger partial charge in [0, 0.05) is 34.3 Å². The number of nitro benzene ring substituents is 1. The van der Waals surface area contributed by atoms with E-state index in [-0.39, 0.29) is 17.1 Å². The van der Waals surface area contributed by atoms with E-state index < -0.39 is 4.92 Å². The summed E-state index contributed by atoms with van der Waals surface area (Å²) in [5.74, 6) is 1.96. The van der Waals surface area contributed by atoms with Crippen molar-refractivity contribution in [3.05, 3.63) is 50.7 Å². The van der Waals surface area contributed by atoms with Crippen LogP contribution in [0.25, 0.3) is 0 Å². The van der Waals surface area contributed by atoms with Gasteiger partial charge in [-0.2, -0.15) is 16.9 Å². The lowest BCUT2D eigenvalue weighted by Gasteiger charge is -2.23. The number of carbonyl (C=O) groups excluding carboxylic acids is 1. The van der Waals surface area contributed by atoms with E-state index in [9.17, 15) is 14.9 Å². The summed E-state index contributed by atoms with van der Waals surface area (Å²) in [6.07, 6.45) is 0. The molecule has 0 bridgehead atoms. The Bertz CT molecular complexity index is 868. The summed E-state index contributed by atoms with van der Waals surface area (Å²) in [6, 6.07) is 4.53. The number of anilines is 1. The van der Waals surface area contributed by atoms with Gasteiger partial charge in [0.05, 0.1) is 16.2 Å². The molecular weight excluding hydrogens is 340 g/mol. The van der Waals surface area contributed by atoms with Crippen molar-refractivity contribution in [2.24, 2.45) is 0 Å². The number of carbonyl (C=O) groups is 1.